The second-order valence-electron chi connectivity index (χ2n) is 5.72. The number of aryl methyl sites for hydroxylation is 1. The number of anilines is 1. The molecule has 2 aliphatic heterocycles. The van der Waals surface area contributed by atoms with Gasteiger partial charge in [0.1, 0.15) is 5.82 Å². The monoisotopic (exact) mass is 285 g/mol. The fourth-order valence-corrected chi connectivity index (χ4v) is 2.90. The zero-order valence-electron chi connectivity index (χ0n) is 12.8. The SMILES string of the molecule is Cc1ccc(N)cc1C1=CCN(C)C(N2CCOCC2)=C1. The Labute approximate surface area is 126 Å². The molecule has 2 N–H and O–H groups in total. The van der Waals surface area contributed by atoms with Gasteiger partial charge in [-0.25, -0.2) is 0 Å². The number of hydrogen-bond donors (Lipinski definition) is 1. The lowest BCUT2D eigenvalue weighted by Gasteiger charge is -2.37. The van der Waals surface area contributed by atoms with Gasteiger partial charge in [0.05, 0.1) is 13.2 Å². The van der Waals surface area contributed by atoms with Gasteiger partial charge in [-0.05, 0) is 41.8 Å². The molecule has 1 saturated heterocycles. The lowest BCUT2D eigenvalue weighted by atomic mass is 9.97. The van der Waals surface area contributed by atoms with Crippen molar-refractivity contribution in [2.24, 2.45) is 0 Å². The molecule has 21 heavy (non-hydrogen) atoms. The van der Waals surface area contributed by atoms with E-state index in [4.69, 9.17) is 10.5 Å². The number of likely N-dealkylation sites (N-methyl/N-ethyl adjacent to an activating group) is 1. The molecule has 0 aromatic heterocycles. The van der Waals surface area contributed by atoms with E-state index in [0.29, 0.717) is 0 Å². The average Bonchev–Trinajstić information content (AvgIpc) is 2.51. The highest BCUT2D eigenvalue weighted by Crippen LogP contribution is 2.28. The third-order valence-electron chi connectivity index (χ3n) is 4.17. The predicted octanol–water partition coefficient (Wildman–Crippen LogP) is 2.08. The van der Waals surface area contributed by atoms with Gasteiger partial charge >= 0.3 is 0 Å². The summed E-state index contributed by atoms with van der Waals surface area (Å²) >= 11 is 0. The molecule has 1 aromatic carbocycles. The van der Waals surface area contributed by atoms with Crippen molar-refractivity contribution in [3.63, 3.8) is 0 Å². The summed E-state index contributed by atoms with van der Waals surface area (Å²) in [5.41, 5.74) is 10.5. The molecule has 4 nitrogen and oxygen atoms in total. The summed E-state index contributed by atoms with van der Waals surface area (Å²) in [6.45, 7) is 6.59. The van der Waals surface area contributed by atoms with Gasteiger partial charge in [-0.2, -0.15) is 0 Å². The molecule has 2 aliphatic rings. The van der Waals surface area contributed by atoms with Gasteiger partial charge in [0, 0.05) is 32.4 Å². The van der Waals surface area contributed by atoms with Gasteiger partial charge in [0.15, 0.2) is 0 Å². The smallest absolute Gasteiger partial charge is 0.105 e. The summed E-state index contributed by atoms with van der Waals surface area (Å²) < 4.78 is 5.45. The highest BCUT2D eigenvalue weighted by molar-refractivity contribution is 5.79. The molecule has 0 spiro atoms. The average molecular weight is 285 g/mol. The minimum absolute atomic E-state index is 0.807. The Balaban J connectivity index is 1.92. The van der Waals surface area contributed by atoms with E-state index >= 15 is 0 Å². The molecule has 0 unspecified atom stereocenters. The highest BCUT2D eigenvalue weighted by atomic mass is 16.5. The Morgan fingerprint density at radius 2 is 1.95 bits per heavy atom. The number of hydrogen-bond acceptors (Lipinski definition) is 4. The first-order valence-electron chi connectivity index (χ1n) is 7.47. The van der Waals surface area contributed by atoms with Gasteiger partial charge < -0.3 is 20.3 Å². The summed E-state index contributed by atoms with van der Waals surface area (Å²) in [7, 11) is 2.14. The number of rotatable bonds is 2. The maximum Gasteiger partial charge on any atom is 0.105 e. The van der Waals surface area contributed by atoms with Crippen LogP contribution in [0.1, 0.15) is 11.1 Å². The maximum atomic E-state index is 5.95. The number of nitrogen functional groups attached to an aromatic ring is 1. The van der Waals surface area contributed by atoms with Gasteiger partial charge in [0.25, 0.3) is 0 Å². The second kappa shape index (κ2) is 5.82. The first-order chi connectivity index (χ1) is 10.1. The van der Waals surface area contributed by atoms with Crippen molar-refractivity contribution in [3.8, 4) is 0 Å². The lowest BCUT2D eigenvalue weighted by molar-refractivity contribution is 0.0410. The molecule has 0 atom stereocenters. The summed E-state index contributed by atoms with van der Waals surface area (Å²) in [5.74, 6) is 1.28. The summed E-state index contributed by atoms with van der Waals surface area (Å²) in [5, 5.41) is 0. The van der Waals surface area contributed by atoms with Crippen LogP contribution in [0.5, 0.6) is 0 Å². The van der Waals surface area contributed by atoms with Crippen LogP contribution in [-0.2, 0) is 4.74 Å². The number of morpholine rings is 1. The summed E-state index contributed by atoms with van der Waals surface area (Å²) in [4.78, 5) is 4.69. The van der Waals surface area contributed by atoms with Crippen LogP contribution in [0.2, 0.25) is 0 Å². The molecule has 112 valence electrons. The zero-order chi connectivity index (χ0) is 14.8. The fourth-order valence-electron chi connectivity index (χ4n) is 2.90. The fraction of sp³-hybridized carbons (Fsp3) is 0.412. The molecule has 3 rings (SSSR count). The normalized spacial score (nSPS) is 19.3. The van der Waals surface area contributed by atoms with Crippen molar-refractivity contribution in [3.05, 3.63) is 47.3 Å². The molecular weight excluding hydrogens is 262 g/mol. The molecule has 4 heteroatoms. The standard InChI is InChI=1S/C17H23N3O/c1-13-3-4-15(18)12-16(13)14-5-6-19(2)17(11-14)20-7-9-21-10-8-20/h3-5,11-12H,6-10,18H2,1-2H3. The third kappa shape index (κ3) is 2.90. The van der Waals surface area contributed by atoms with Crippen LogP contribution < -0.4 is 5.73 Å². The van der Waals surface area contributed by atoms with Crippen LogP contribution in [0.4, 0.5) is 5.69 Å². The van der Waals surface area contributed by atoms with Gasteiger partial charge in [-0.3, -0.25) is 0 Å². The topological polar surface area (TPSA) is 41.7 Å². The number of nitrogens with zero attached hydrogens (tertiary/aromatic N) is 2. The maximum absolute atomic E-state index is 5.95. The molecule has 0 bridgehead atoms. The molecule has 2 heterocycles. The number of ether oxygens (including phenoxy) is 1. The Kier molecular flexibility index (Phi) is 3.88. The van der Waals surface area contributed by atoms with Crippen LogP contribution >= 0.6 is 0 Å². The van der Waals surface area contributed by atoms with Gasteiger partial charge in [-0.1, -0.05) is 12.1 Å². The molecule has 0 radical (unpaired) electrons. The third-order valence-corrected chi connectivity index (χ3v) is 4.17. The van der Waals surface area contributed by atoms with E-state index in [9.17, 15) is 0 Å². The molecule has 1 fully saturated rings. The van der Waals surface area contributed by atoms with E-state index in [-0.39, 0.29) is 0 Å². The number of nitrogens with two attached hydrogens (primary N) is 1. The van der Waals surface area contributed by atoms with E-state index in [2.05, 4.69) is 48.1 Å². The van der Waals surface area contributed by atoms with Crippen LogP contribution in [0.3, 0.4) is 0 Å². The Bertz CT molecular complexity index is 586. The molecule has 0 amide bonds. The Hall–Kier alpha value is -1.94. The Morgan fingerprint density at radius 3 is 2.71 bits per heavy atom. The number of benzene rings is 1. The first-order valence-corrected chi connectivity index (χ1v) is 7.47. The van der Waals surface area contributed by atoms with Crippen molar-refractivity contribution >= 4 is 11.3 Å². The van der Waals surface area contributed by atoms with Crippen LogP contribution in [0, 0.1) is 6.92 Å². The van der Waals surface area contributed by atoms with Crippen molar-refractivity contribution < 1.29 is 4.74 Å². The second-order valence-corrected chi connectivity index (χ2v) is 5.72. The largest absolute Gasteiger partial charge is 0.399 e. The van der Waals surface area contributed by atoms with Gasteiger partial charge in [-0.15, -0.1) is 0 Å². The van der Waals surface area contributed by atoms with E-state index in [1.807, 2.05) is 6.07 Å². The van der Waals surface area contributed by atoms with Crippen molar-refractivity contribution in [2.45, 2.75) is 6.92 Å². The van der Waals surface area contributed by atoms with Crippen molar-refractivity contribution in [2.75, 3.05) is 45.6 Å². The van der Waals surface area contributed by atoms with Crippen molar-refractivity contribution in [1.82, 2.24) is 9.80 Å². The molecule has 1 aromatic rings. The van der Waals surface area contributed by atoms with Crippen molar-refractivity contribution in [1.29, 1.82) is 0 Å². The van der Waals surface area contributed by atoms with Gasteiger partial charge in [0.2, 0.25) is 0 Å². The highest BCUT2D eigenvalue weighted by Gasteiger charge is 2.20. The first kappa shape index (κ1) is 14.0. The lowest BCUT2D eigenvalue weighted by Crippen LogP contribution is -2.41. The number of allylic oxidation sites excluding steroid dienone is 2. The van der Waals surface area contributed by atoms with E-state index in [1.165, 1.54) is 22.5 Å². The molecule has 0 saturated carbocycles. The minimum atomic E-state index is 0.807. The predicted molar refractivity (Wildman–Crippen MR) is 86.7 cm³/mol. The molecular formula is C17H23N3O. The van der Waals surface area contributed by atoms with Crippen LogP contribution in [-0.4, -0.2) is 49.7 Å². The van der Waals surface area contributed by atoms with E-state index in [1.54, 1.807) is 0 Å². The van der Waals surface area contributed by atoms with Crippen LogP contribution in [0.25, 0.3) is 5.57 Å². The quantitative estimate of drug-likeness (QED) is 0.845. The summed E-state index contributed by atoms with van der Waals surface area (Å²) in [6.07, 6.45) is 4.54. The van der Waals surface area contributed by atoms with E-state index < -0.39 is 0 Å². The summed E-state index contributed by atoms with van der Waals surface area (Å²) in [6, 6.07) is 6.12. The molecule has 0 aliphatic carbocycles. The minimum Gasteiger partial charge on any atom is -0.399 e. The zero-order valence-corrected chi connectivity index (χ0v) is 12.8. The Morgan fingerprint density at radius 1 is 1.19 bits per heavy atom. The van der Waals surface area contributed by atoms with Crippen LogP contribution in [0.15, 0.2) is 36.2 Å². The van der Waals surface area contributed by atoms with E-state index in [0.717, 1.165) is 38.5 Å².